The first kappa shape index (κ1) is 14.5. The van der Waals surface area contributed by atoms with Gasteiger partial charge in [0.15, 0.2) is 12.6 Å². The Morgan fingerprint density at radius 2 is 2.05 bits per heavy atom. The fraction of sp³-hybridized carbons (Fsp3) is 0.769. The number of esters is 1. The third-order valence-corrected chi connectivity index (χ3v) is 3.91. The molecule has 1 fully saturated rings. The van der Waals surface area contributed by atoms with Gasteiger partial charge in [-0.15, -0.1) is 0 Å². The van der Waals surface area contributed by atoms with Gasteiger partial charge in [-0.25, -0.2) is 4.79 Å². The van der Waals surface area contributed by atoms with Gasteiger partial charge in [0.1, 0.15) is 0 Å². The summed E-state index contributed by atoms with van der Waals surface area (Å²) in [6.07, 6.45) is -0.304. The van der Waals surface area contributed by atoms with Crippen LogP contribution in [0.3, 0.4) is 0 Å². The summed E-state index contributed by atoms with van der Waals surface area (Å²) < 4.78 is 20.9. The number of methoxy groups -OCH3 is 3. The molecule has 0 bridgehead atoms. The lowest BCUT2D eigenvalue weighted by Gasteiger charge is -2.39. The van der Waals surface area contributed by atoms with Crippen LogP contribution in [0.5, 0.6) is 0 Å². The van der Waals surface area contributed by atoms with E-state index in [0.29, 0.717) is 18.4 Å². The smallest absolute Gasteiger partial charge is 0.338 e. The Labute approximate surface area is 112 Å². The molecule has 0 radical (unpaired) electrons. The minimum Gasteiger partial charge on any atom is -0.466 e. The van der Waals surface area contributed by atoms with Crippen molar-refractivity contribution in [3.05, 3.63) is 11.1 Å². The second-order valence-electron chi connectivity index (χ2n) is 5.07. The summed E-state index contributed by atoms with van der Waals surface area (Å²) in [6, 6.07) is 0. The van der Waals surface area contributed by atoms with Crippen LogP contribution in [0, 0.1) is 5.92 Å². The van der Waals surface area contributed by atoms with Crippen LogP contribution in [0.15, 0.2) is 11.1 Å². The molecule has 0 aromatic carbocycles. The predicted octanol–water partition coefficient (Wildman–Crippen LogP) is 0.592. The molecule has 0 saturated heterocycles. The van der Waals surface area contributed by atoms with Gasteiger partial charge in [-0.05, 0) is 25.3 Å². The maximum absolute atomic E-state index is 11.9. The Bertz CT molecular complexity index is 400. The van der Waals surface area contributed by atoms with Crippen molar-refractivity contribution in [2.75, 3.05) is 21.3 Å². The van der Waals surface area contributed by atoms with Gasteiger partial charge < -0.3 is 24.1 Å². The summed E-state index contributed by atoms with van der Waals surface area (Å²) in [7, 11) is 4.27. The Hall–Kier alpha value is -0.950. The molecule has 0 spiro atoms. The predicted molar refractivity (Wildman–Crippen MR) is 65.1 cm³/mol. The fourth-order valence-electron chi connectivity index (χ4n) is 2.96. The van der Waals surface area contributed by atoms with Crippen LogP contribution >= 0.6 is 0 Å². The highest BCUT2D eigenvalue weighted by molar-refractivity contribution is 5.90. The molecule has 1 saturated carbocycles. The molecular formula is C13H20O6. The van der Waals surface area contributed by atoms with Gasteiger partial charge >= 0.3 is 5.97 Å². The van der Waals surface area contributed by atoms with Crippen LogP contribution in [-0.2, 0) is 23.7 Å². The average molecular weight is 272 g/mol. The number of aliphatic hydroxyl groups is 1. The van der Waals surface area contributed by atoms with E-state index in [2.05, 4.69) is 0 Å². The Kier molecular flexibility index (Phi) is 3.96. The van der Waals surface area contributed by atoms with Gasteiger partial charge in [-0.2, -0.15) is 0 Å². The van der Waals surface area contributed by atoms with Gasteiger partial charge in [-0.3, -0.25) is 0 Å². The molecule has 1 aliphatic heterocycles. The molecule has 6 heteroatoms. The average Bonchev–Trinajstić information content (AvgIpc) is 2.72. The number of hydrogen-bond acceptors (Lipinski definition) is 6. The molecule has 0 amide bonds. The molecular weight excluding hydrogens is 252 g/mol. The van der Waals surface area contributed by atoms with Gasteiger partial charge in [0.2, 0.25) is 0 Å². The zero-order chi connectivity index (χ0) is 14.2. The molecule has 2 rings (SSSR count). The zero-order valence-corrected chi connectivity index (χ0v) is 11.6. The second kappa shape index (κ2) is 5.20. The first-order valence-corrected chi connectivity index (χ1v) is 6.21. The monoisotopic (exact) mass is 272 g/mol. The first-order valence-electron chi connectivity index (χ1n) is 6.21. The molecule has 1 N–H and O–H groups in total. The van der Waals surface area contributed by atoms with E-state index >= 15 is 0 Å². The Balaban J connectivity index is 2.49. The minimum absolute atomic E-state index is 0.348. The van der Waals surface area contributed by atoms with E-state index in [1.807, 2.05) is 0 Å². The highest BCUT2D eigenvalue weighted by Crippen LogP contribution is 2.48. The lowest BCUT2D eigenvalue weighted by atomic mass is 9.85. The van der Waals surface area contributed by atoms with Crippen molar-refractivity contribution in [1.82, 2.24) is 0 Å². The summed E-state index contributed by atoms with van der Waals surface area (Å²) in [6.45, 7) is 1.72. The first-order chi connectivity index (χ1) is 8.96. The van der Waals surface area contributed by atoms with Crippen LogP contribution in [0.1, 0.15) is 19.8 Å². The summed E-state index contributed by atoms with van der Waals surface area (Å²) >= 11 is 0. The number of ether oxygens (including phenoxy) is 4. The van der Waals surface area contributed by atoms with Crippen LogP contribution in [0.25, 0.3) is 0 Å². The molecule has 1 heterocycles. The van der Waals surface area contributed by atoms with E-state index in [0.717, 1.165) is 5.57 Å². The number of rotatable bonds is 3. The maximum atomic E-state index is 11.9. The number of carbonyl (C=O) groups excluding carboxylic acids is 1. The van der Waals surface area contributed by atoms with Gasteiger partial charge in [0, 0.05) is 14.2 Å². The highest BCUT2D eigenvalue weighted by Gasteiger charge is 2.52. The van der Waals surface area contributed by atoms with E-state index in [1.165, 1.54) is 21.3 Å². The molecule has 19 heavy (non-hydrogen) atoms. The SMILES string of the molecule is COC(=O)C1=C2CC[C@](C)(O)[C@H]2[C@H](OC)O[C@@H]1OC. The summed E-state index contributed by atoms with van der Waals surface area (Å²) in [5.74, 6) is -0.864. The van der Waals surface area contributed by atoms with Crippen molar-refractivity contribution in [3.8, 4) is 0 Å². The molecule has 1 aliphatic carbocycles. The lowest BCUT2D eigenvalue weighted by Crippen LogP contribution is -2.47. The quantitative estimate of drug-likeness (QED) is 0.758. The number of hydrogen-bond donors (Lipinski definition) is 1. The molecule has 0 aromatic heterocycles. The van der Waals surface area contributed by atoms with Crippen molar-refractivity contribution in [3.63, 3.8) is 0 Å². The van der Waals surface area contributed by atoms with Crippen molar-refractivity contribution in [2.24, 2.45) is 5.92 Å². The van der Waals surface area contributed by atoms with E-state index < -0.39 is 24.2 Å². The van der Waals surface area contributed by atoms with Gasteiger partial charge in [0.25, 0.3) is 0 Å². The number of fused-ring (bicyclic) bond motifs is 1. The molecule has 4 atom stereocenters. The topological polar surface area (TPSA) is 74.2 Å². The highest BCUT2D eigenvalue weighted by atomic mass is 16.8. The van der Waals surface area contributed by atoms with Crippen LogP contribution < -0.4 is 0 Å². The Morgan fingerprint density at radius 3 is 2.58 bits per heavy atom. The molecule has 108 valence electrons. The third kappa shape index (κ3) is 2.29. The van der Waals surface area contributed by atoms with E-state index in [1.54, 1.807) is 6.92 Å². The summed E-state index contributed by atoms with van der Waals surface area (Å²) in [5, 5.41) is 10.4. The van der Waals surface area contributed by atoms with Crippen LogP contribution in [0.4, 0.5) is 0 Å². The third-order valence-electron chi connectivity index (χ3n) is 3.91. The van der Waals surface area contributed by atoms with E-state index in [-0.39, 0.29) is 5.92 Å². The van der Waals surface area contributed by atoms with Crippen molar-refractivity contribution >= 4 is 5.97 Å². The van der Waals surface area contributed by atoms with Crippen LogP contribution in [-0.4, -0.2) is 50.6 Å². The largest absolute Gasteiger partial charge is 0.466 e. The molecule has 6 nitrogen and oxygen atoms in total. The summed E-state index contributed by atoms with van der Waals surface area (Å²) in [4.78, 5) is 11.9. The second-order valence-corrected chi connectivity index (χ2v) is 5.07. The normalized spacial score (nSPS) is 38.3. The fourth-order valence-corrected chi connectivity index (χ4v) is 2.96. The number of carbonyl (C=O) groups is 1. The summed E-state index contributed by atoms with van der Waals surface area (Å²) in [5.41, 5.74) is 0.191. The lowest BCUT2D eigenvalue weighted by molar-refractivity contribution is -0.255. The Morgan fingerprint density at radius 1 is 1.37 bits per heavy atom. The van der Waals surface area contributed by atoms with E-state index in [9.17, 15) is 9.90 Å². The standard InChI is InChI=1S/C13H20O6/c1-13(15)6-5-7-8(10(14)16-2)11(17-3)19-12(18-4)9(7)13/h9,11-12,15H,5-6H2,1-4H3/t9-,11+,12-,13+/m1/s1. The molecule has 0 unspecified atom stereocenters. The molecule has 0 aromatic rings. The minimum atomic E-state index is -0.964. The van der Waals surface area contributed by atoms with Gasteiger partial charge in [0.05, 0.1) is 24.2 Å². The van der Waals surface area contributed by atoms with E-state index in [4.69, 9.17) is 18.9 Å². The van der Waals surface area contributed by atoms with Crippen molar-refractivity contribution < 1.29 is 28.8 Å². The van der Waals surface area contributed by atoms with Crippen LogP contribution in [0.2, 0.25) is 0 Å². The maximum Gasteiger partial charge on any atom is 0.338 e. The van der Waals surface area contributed by atoms with Gasteiger partial charge in [-0.1, -0.05) is 0 Å². The van der Waals surface area contributed by atoms with Crippen molar-refractivity contribution in [1.29, 1.82) is 0 Å². The van der Waals surface area contributed by atoms with Crippen molar-refractivity contribution in [2.45, 2.75) is 37.9 Å². The molecule has 2 aliphatic rings. The zero-order valence-electron chi connectivity index (χ0n) is 11.6.